The van der Waals surface area contributed by atoms with Gasteiger partial charge in [-0.1, -0.05) is 11.2 Å². The van der Waals surface area contributed by atoms with Crippen LogP contribution in [0.1, 0.15) is 12.8 Å². The average Bonchev–Trinajstić information content (AvgIpc) is 1.87. The highest BCUT2D eigenvalue weighted by Crippen LogP contribution is 2.20. The molecule has 0 aromatic carbocycles. The molecule has 64 valence electrons. The number of hydrogen-bond acceptors (Lipinski definition) is 2. The molecule has 0 fully saturated rings. The van der Waals surface area contributed by atoms with Gasteiger partial charge < -0.3 is 5.21 Å². The van der Waals surface area contributed by atoms with Crippen LogP contribution in [0.3, 0.4) is 0 Å². The van der Waals surface area contributed by atoms with E-state index in [0.717, 1.165) is 0 Å². The Morgan fingerprint density at radius 2 is 2.09 bits per heavy atom. The molecule has 1 N–H and O–H groups in total. The minimum Gasteiger partial charge on any atom is -0.411 e. The molecule has 0 atom stereocenters. The maximum atomic E-state index is 11.7. The van der Waals surface area contributed by atoms with Crippen LogP contribution in [0.2, 0.25) is 0 Å². The minimum absolute atomic E-state index is 0.152. The van der Waals surface area contributed by atoms with E-state index in [1.165, 1.54) is 6.08 Å². The molecule has 0 aliphatic rings. The lowest BCUT2D eigenvalue weighted by molar-refractivity contribution is -0.0626. The van der Waals surface area contributed by atoms with Gasteiger partial charge in [0, 0.05) is 6.42 Å². The summed E-state index contributed by atoms with van der Waals surface area (Å²) >= 11 is 0. The largest absolute Gasteiger partial charge is 0.432 e. The monoisotopic (exact) mass is 167 g/mol. The van der Waals surface area contributed by atoms with Gasteiger partial charge in [0.05, 0.1) is 0 Å². The van der Waals surface area contributed by atoms with Crippen molar-refractivity contribution in [2.45, 2.75) is 19.0 Å². The van der Waals surface area contributed by atoms with Crippen LogP contribution < -0.4 is 0 Å². The Hall–Kier alpha value is -1.00. The van der Waals surface area contributed by atoms with Crippen molar-refractivity contribution in [2.24, 2.45) is 5.16 Å². The van der Waals surface area contributed by atoms with Gasteiger partial charge >= 0.3 is 6.18 Å². The highest BCUT2D eigenvalue weighted by Gasteiger charge is 2.35. The minimum atomic E-state index is -4.53. The molecule has 0 aromatic rings. The summed E-state index contributed by atoms with van der Waals surface area (Å²) in [5.74, 6) is 0. The number of nitrogens with zero attached hydrogens (tertiary/aromatic N) is 1. The van der Waals surface area contributed by atoms with Crippen molar-refractivity contribution in [3.05, 3.63) is 12.7 Å². The predicted molar refractivity (Wildman–Crippen MR) is 34.7 cm³/mol. The van der Waals surface area contributed by atoms with Gasteiger partial charge in [-0.05, 0) is 6.42 Å². The zero-order chi connectivity index (χ0) is 8.91. The van der Waals surface area contributed by atoms with Gasteiger partial charge in [-0.25, -0.2) is 0 Å². The molecule has 2 nitrogen and oxygen atoms in total. The van der Waals surface area contributed by atoms with E-state index in [4.69, 9.17) is 5.21 Å². The molecule has 0 aliphatic heterocycles. The van der Waals surface area contributed by atoms with Crippen molar-refractivity contribution >= 4 is 5.71 Å². The van der Waals surface area contributed by atoms with Crippen LogP contribution in [0.25, 0.3) is 0 Å². The molecule has 0 spiro atoms. The van der Waals surface area contributed by atoms with E-state index < -0.39 is 11.9 Å². The van der Waals surface area contributed by atoms with E-state index in [0.29, 0.717) is 0 Å². The molecule has 0 radical (unpaired) electrons. The maximum Gasteiger partial charge on any atom is 0.432 e. The number of allylic oxidation sites excluding steroid dienone is 1. The summed E-state index contributed by atoms with van der Waals surface area (Å²) in [4.78, 5) is 0. The van der Waals surface area contributed by atoms with Crippen LogP contribution in [0.4, 0.5) is 13.2 Å². The van der Waals surface area contributed by atoms with Crippen LogP contribution in [0.5, 0.6) is 0 Å². The third-order valence-corrected chi connectivity index (χ3v) is 1.03. The molecular weight excluding hydrogens is 159 g/mol. The normalized spacial score (nSPS) is 13.2. The molecule has 0 bridgehead atoms. The van der Waals surface area contributed by atoms with Crippen LogP contribution in [0, 0.1) is 0 Å². The number of rotatable bonds is 3. The molecule has 0 saturated carbocycles. The lowest BCUT2D eigenvalue weighted by atomic mass is 10.2. The molecule has 0 aromatic heterocycles. The average molecular weight is 167 g/mol. The topological polar surface area (TPSA) is 32.6 Å². The van der Waals surface area contributed by atoms with Gasteiger partial charge in [-0.15, -0.1) is 6.58 Å². The molecule has 5 heteroatoms. The van der Waals surface area contributed by atoms with E-state index in [-0.39, 0.29) is 12.8 Å². The first-order valence-corrected chi connectivity index (χ1v) is 2.91. The second-order valence-electron chi connectivity index (χ2n) is 1.87. The summed E-state index contributed by atoms with van der Waals surface area (Å²) in [5, 5.41) is 10.1. The Labute approximate surface area is 62.0 Å². The highest BCUT2D eigenvalue weighted by atomic mass is 19.4. The van der Waals surface area contributed by atoms with E-state index in [1.807, 2.05) is 0 Å². The van der Waals surface area contributed by atoms with Gasteiger partial charge in [0.1, 0.15) is 0 Å². The maximum absolute atomic E-state index is 11.7. The first-order chi connectivity index (χ1) is 5.02. The Bertz CT molecular complexity index is 162. The molecule has 0 heterocycles. The quantitative estimate of drug-likeness (QED) is 0.297. The third kappa shape index (κ3) is 3.64. The number of hydrogen-bond donors (Lipinski definition) is 1. The fourth-order valence-corrected chi connectivity index (χ4v) is 0.487. The van der Waals surface area contributed by atoms with E-state index in [2.05, 4.69) is 11.7 Å². The van der Waals surface area contributed by atoms with Crippen molar-refractivity contribution in [2.75, 3.05) is 0 Å². The second-order valence-corrected chi connectivity index (χ2v) is 1.87. The van der Waals surface area contributed by atoms with E-state index >= 15 is 0 Å². The van der Waals surface area contributed by atoms with Crippen molar-refractivity contribution < 1.29 is 18.4 Å². The molecule has 0 saturated heterocycles. The molecule has 0 unspecified atom stereocenters. The molecule has 0 amide bonds. The summed E-state index contributed by atoms with van der Waals surface area (Å²) in [7, 11) is 0. The van der Waals surface area contributed by atoms with Gasteiger partial charge in [-0.3, -0.25) is 0 Å². The van der Waals surface area contributed by atoms with Crippen LogP contribution in [-0.2, 0) is 0 Å². The first kappa shape index (κ1) is 10.0. The number of oxime groups is 1. The van der Waals surface area contributed by atoms with Gasteiger partial charge in [-0.2, -0.15) is 13.2 Å². The standard InChI is InChI=1S/C6H8F3NO/c1-2-3-4-5(10-11)6(7,8)9/h2,11H,1,3-4H2/b10-5+. The predicted octanol–water partition coefficient (Wildman–Crippen LogP) is 2.35. The molecule has 0 rings (SSSR count). The molecule has 0 aliphatic carbocycles. The third-order valence-electron chi connectivity index (χ3n) is 1.03. The Morgan fingerprint density at radius 3 is 2.36 bits per heavy atom. The van der Waals surface area contributed by atoms with E-state index in [1.54, 1.807) is 0 Å². The van der Waals surface area contributed by atoms with Crippen molar-refractivity contribution in [3.8, 4) is 0 Å². The lowest BCUT2D eigenvalue weighted by Crippen LogP contribution is -2.22. The summed E-state index contributed by atoms with van der Waals surface area (Å²) in [6, 6.07) is 0. The fraction of sp³-hybridized carbons (Fsp3) is 0.500. The highest BCUT2D eigenvalue weighted by molar-refractivity contribution is 5.89. The molecule has 11 heavy (non-hydrogen) atoms. The SMILES string of the molecule is C=CCC/C(=N\O)C(F)(F)F. The van der Waals surface area contributed by atoms with Gasteiger partial charge in [0.25, 0.3) is 0 Å². The van der Waals surface area contributed by atoms with Gasteiger partial charge in [0.2, 0.25) is 0 Å². The Balaban J connectivity index is 4.09. The second kappa shape index (κ2) is 4.00. The van der Waals surface area contributed by atoms with Crippen molar-refractivity contribution in [1.29, 1.82) is 0 Å². The summed E-state index contributed by atoms with van der Waals surface area (Å²) < 4.78 is 35.2. The van der Waals surface area contributed by atoms with Crippen LogP contribution in [-0.4, -0.2) is 17.1 Å². The number of halogens is 3. The molecular formula is C6H8F3NO. The van der Waals surface area contributed by atoms with Crippen LogP contribution in [0.15, 0.2) is 17.8 Å². The number of alkyl halides is 3. The van der Waals surface area contributed by atoms with E-state index in [9.17, 15) is 13.2 Å². The summed E-state index contributed by atoms with van der Waals surface area (Å²) in [6.45, 7) is 3.25. The first-order valence-electron chi connectivity index (χ1n) is 2.91. The zero-order valence-corrected chi connectivity index (χ0v) is 5.73. The smallest absolute Gasteiger partial charge is 0.411 e. The summed E-state index contributed by atoms with van der Waals surface area (Å²) in [6.07, 6.45) is -3.38. The Morgan fingerprint density at radius 1 is 1.55 bits per heavy atom. The van der Waals surface area contributed by atoms with Crippen molar-refractivity contribution in [3.63, 3.8) is 0 Å². The van der Waals surface area contributed by atoms with Crippen LogP contribution >= 0.6 is 0 Å². The van der Waals surface area contributed by atoms with Gasteiger partial charge in [0.15, 0.2) is 5.71 Å². The Kier molecular flexibility index (Phi) is 3.64. The van der Waals surface area contributed by atoms with Crippen molar-refractivity contribution in [1.82, 2.24) is 0 Å². The summed E-state index contributed by atoms with van der Waals surface area (Å²) in [5.41, 5.74) is -1.17. The fourth-order valence-electron chi connectivity index (χ4n) is 0.487. The zero-order valence-electron chi connectivity index (χ0n) is 5.73. The lowest BCUT2D eigenvalue weighted by Gasteiger charge is -2.05.